The molecule has 0 saturated carbocycles. The first-order valence-corrected chi connectivity index (χ1v) is 17.0. The topological polar surface area (TPSA) is 113 Å². The maximum atomic E-state index is 16.7. The number of carbonyl (C=O) groups is 2. The number of benzene rings is 3. The fraction of sp³-hybridized carbons (Fsp3) is 0.324. The summed E-state index contributed by atoms with van der Waals surface area (Å²) in [6, 6.07) is 18.5. The Kier molecular flexibility index (Phi) is 8.35. The standard InChI is InChI=1S/C37H35ClFN7O3/c1-45-16-25(42-36(48)27-9-3-2-6-22(27)19-47)14-26(45)20-49-37-43-34-29(35(44-37)46-17-23-12-13-24(18-46)41-23)15-40-33(32(34)39)28-10-4-7-21-8-5-11-30(38)31(21)28/h2-11,15,19,23-26,41H,12-14,16-18,20H2,1H3,(H,42,48)/t23-,24+,25-,26+/m1/s1. The molecule has 4 atom stereocenters. The van der Waals surface area contributed by atoms with Crippen molar-refractivity contribution >= 4 is 51.3 Å². The van der Waals surface area contributed by atoms with Crippen LogP contribution in [0.2, 0.25) is 5.02 Å². The van der Waals surface area contributed by atoms with E-state index in [0.717, 1.165) is 36.7 Å². The van der Waals surface area contributed by atoms with E-state index < -0.39 is 5.82 Å². The minimum Gasteiger partial charge on any atom is -0.462 e. The van der Waals surface area contributed by atoms with E-state index in [2.05, 4.69) is 30.4 Å². The number of pyridine rings is 1. The van der Waals surface area contributed by atoms with Gasteiger partial charge in [0.15, 0.2) is 12.1 Å². The number of amides is 1. The summed E-state index contributed by atoms with van der Waals surface area (Å²) in [7, 11) is 1.97. The van der Waals surface area contributed by atoms with Crippen LogP contribution in [0.15, 0.2) is 66.9 Å². The molecule has 10 nitrogen and oxygen atoms in total. The number of rotatable bonds is 8. The van der Waals surface area contributed by atoms with E-state index in [9.17, 15) is 9.59 Å². The van der Waals surface area contributed by atoms with Crippen LogP contribution in [-0.2, 0) is 0 Å². The summed E-state index contributed by atoms with van der Waals surface area (Å²) in [5.41, 5.74) is 1.58. The quantitative estimate of drug-likeness (QED) is 0.212. The molecule has 0 unspecified atom stereocenters. The number of carbonyl (C=O) groups excluding carboxylic acids is 2. The van der Waals surface area contributed by atoms with Crippen molar-refractivity contribution in [2.45, 2.75) is 43.4 Å². The van der Waals surface area contributed by atoms with Gasteiger partial charge in [0.1, 0.15) is 23.6 Å². The molecule has 12 heteroatoms. The lowest BCUT2D eigenvalue weighted by molar-refractivity contribution is 0.0933. The third kappa shape index (κ3) is 5.96. The van der Waals surface area contributed by atoms with E-state index >= 15 is 4.39 Å². The predicted octanol–water partition coefficient (Wildman–Crippen LogP) is 5.27. The van der Waals surface area contributed by atoms with Crippen molar-refractivity contribution in [1.82, 2.24) is 30.5 Å². The highest BCUT2D eigenvalue weighted by molar-refractivity contribution is 6.36. The van der Waals surface area contributed by atoms with Crippen molar-refractivity contribution in [2.75, 3.05) is 38.2 Å². The Hall–Kier alpha value is -4.71. The van der Waals surface area contributed by atoms with Crippen LogP contribution < -0.4 is 20.3 Å². The number of fused-ring (bicyclic) bond motifs is 4. The first-order valence-electron chi connectivity index (χ1n) is 16.6. The zero-order valence-corrected chi connectivity index (χ0v) is 27.7. The lowest BCUT2D eigenvalue weighted by atomic mass is 10.0. The number of nitrogens with zero attached hydrogens (tertiary/aromatic N) is 5. The van der Waals surface area contributed by atoms with Crippen molar-refractivity contribution in [1.29, 1.82) is 0 Å². The number of likely N-dealkylation sites (tertiary alicyclic amines) is 1. The van der Waals surface area contributed by atoms with Gasteiger partial charge in [-0.25, -0.2) is 4.39 Å². The highest BCUT2D eigenvalue weighted by atomic mass is 35.5. The van der Waals surface area contributed by atoms with Crippen LogP contribution in [0.3, 0.4) is 0 Å². The van der Waals surface area contributed by atoms with E-state index in [1.54, 1.807) is 36.5 Å². The Morgan fingerprint density at radius 3 is 2.63 bits per heavy atom. The molecule has 3 aliphatic heterocycles. The second-order valence-electron chi connectivity index (χ2n) is 13.2. The molecule has 250 valence electrons. The van der Waals surface area contributed by atoms with Gasteiger partial charge >= 0.3 is 6.01 Å². The molecule has 1 amide bonds. The molecule has 0 radical (unpaired) electrons. The van der Waals surface area contributed by atoms with Crippen molar-refractivity contribution in [3.05, 3.63) is 88.8 Å². The van der Waals surface area contributed by atoms with E-state index in [-0.39, 0.29) is 41.8 Å². The van der Waals surface area contributed by atoms with Crippen LogP contribution in [0.1, 0.15) is 40.0 Å². The SMILES string of the molecule is CN1C[C@H](NC(=O)c2ccccc2C=O)C[C@H]1COc1nc(N2C[C@H]3CC[C@@H](C2)N3)c2cnc(-c3cccc4cccc(Cl)c34)c(F)c2n1. The maximum absolute atomic E-state index is 16.7. The molecule has 3 aliphatic rings. The summed E-state index contributed by atoms with van der Waals surface area (Å²) < 4.78 is 23.0. The van der Waals surface area contributed by atoms with Crippen molar-refractivity contribution in [3.63, 3.8) is 0 Å². The van der Waals surface area contributed by atoms with Crippen molar-refractivity contribution in [3.8, 4) is 17.3 Å². The number of aldehydes is 1. The Labute approximate surface area is 287 Å². The zero-order valence-electron chi connectivity index (χ0n) is 26.9. The number of halogens is 2. The number of likely N-dealkylation sites (N-methyl/N-ethyl adjacent to an activating group) is 1. The number of ether oxygens (including phenoxy) is 1. The second-order valence-corrected chi connectivity index (χ2v) is 13.6. The van der Waals surface area contributed by atoms with Gasteiger partial charge in [0.25, 0.3) is 5.91 Å². The number of aromatic nitrogens is 3. The molecule has 3 saturated heterocycles. The number of hydrogen-bond donors (Lipinski definition) is 2. The first-order chi connectivity index (χ1) is 23.9. The summed E-state index contributed by atoms with van der Waals surface area (Å²) in [5.74, 6) is -0.249. The Morgan fingerprint density at radius 1 is 1.06 bits per heavy atom. The van der Waals surface area contributed by atoms with Crippen LogP contribution in [0.5, 0.6) is 6.01 Å². The van der Waals surface area contributed by atoms with E-state index in [0.29, 0.717) is 64.3 Å². The van der Waals surface area contributed by atoms with Crippen LogP contribution >= 0.6 is 11.6 Å². The summed E-state index contributed by atoms with van der Waals surface area (Å²) in [5, 5.41) is 9.36. The zero-order chi connectivity index (χ0) is 33.6. The van der Waals surface area contributed by atoms with Crippen LogP contribution in [0.25, 0.3) is 32.9 Å². The molecule has 49 heavy (non-hydrogen) atoms. The van der Waals surface area contributed by atoms with Gasteiger partial charge in [-0.15, -0.1) is 0 Å². The Bertz CT molecular complexity index is 2080. The van der Waals surface area contributed by atoms with Gasteiger partial charge in [0, 0.05) is 77.1 Å². The molecule has 2 aromatic heterocycles. The van der Waals surface area contributed by atoms with Gasteiger partial charge in [-0.3, -0.25) is 19.5 Å². The lowest BCUT2D eigenvalue weighted by Crippen LogP contribution is -2.51. The number of anilines is 1. The van der Waals surface area contributed by atoms with Crippen LogP contribution in [0.4, 0.5) is 10.2 Å². The van der Waals surface area contributed by atoms with E-state index in [4.69, 9.17) is 21.3 Å². The maximum Gasteiger partial charge on any atom is 0.319 e. The molecular weight excluding hydrogens is 645 g/mol. The predicted molar refractivity (Wildman–Crippen MR) is 187 cm³/mol. The fourth-order valence-corrected chi connectivity index (χ4v) is 7.88. The second kappa shape index (κ2) is 13.0. The molecule has 0 aliphatic carbocycles. The van der Waals surface area contributed by atoms with Crippen LogP contribution in [0, 0.1) is 5.82 Å². The fourth-order valence-electron chi connectivity index (χ4n) is 7.60. The van der Waals surface area contributed by atoms with E-state index in [1.165, 1.54) is 0 Å². The molecule has 3 fully saturated rings. The summed E-state index contributed by atoms with van der Waals surface area (Å²) in [6.45, 7) is 2.33. The van der Waals surface area contributed by atoms with Gasteiger partial charge in [0.05, 0.1) is 5.39 Å². The van der Waals surface area contributed by atoms with E-state index in [1.807, 2.05) is 37.4 Å². The number of hydrogen-bond acceptors (Lipinski definition) is 9. The minimum absolute atomic E-state index is 0.0555. The highest BCUT2D eigenvalue weighted by Gasteiger charge is 2.35. The normalized spacial score (nSPS) is 22.1. The molecule has 8 rings (SSSR count). The van der Waals surface area contributed by atoms with Gasteiger partial charge < -0.3 is 20.3 Å². The summed E-state index contributed by atoms with van der Waals surface area (Å²) >= 11 is 6.62. The first kappa shape index (κ1) is 31.6. The third-order valence-corrected chi connectivity index (χ3v) is 10.3. The average molecular weight is 680 g/mol. The summed E-state index contributed by atoms with van der Waals surface area (Å²) in [6.07, 6.45) is 5.14. The number of nitrogens with one attached hydrogen (secondary N) is 2. The number of piperazine rings is 1. The van der Waals surface area contributed by atoms with Gasteiger partial charge in [0.2, 0.25) is 0 Å². The van der Waals surface area contributed by atoms with Gasteiger partial charge in [-0.2, -0.15) is 9.97 Å². The molecule has 5 heterocycles. The Balaban J connectivity index is 1.10. The average Bonchev–Trinajstić information content (AvgIpc) is 3.65. The van der Waals surface area contributed by atoms with Gasteiger partial charge in [-0.05, 0) is 43.8 Å². The third-order valence-electron chi connectivity index (χ3n) is 10.0. The molecule has 5 aromatic rings. The largest absolute Gasteiger partial charge is 0.462 e. The molecule has 0 spiro atoms. The highest BCUT2D eigenvalue weighted by Crippen LogP contribution is 2.38. The molecule has 3 aromatic carbocycles. The van der Waals surface area contributed by atoms with Crippen molar-refractivity contribution in [2.24, 2.45) is 0 Å². The van der Waals surface area contributed by atoms with Crippen LogP contribution in [-0.4, -0.2) is 89.5 Å². The Morgan fingerprint density at radius 2 is 1.84 bits per heavy atom. The smallest absolute Gasteiger partial charge is 0.319 e. The van der Waals surface area contributed by atoms with Gasteiger partial charge in [-0.1, -0.05) is 60.1 Å². The lowest BCUT2D eigenvalue weighted by Gasteiger charge is -2.34. The molecular formula is C37H35ClFN7O3. The molecule has 2 N–H and O–H groups in total. The summed E-state index contributed by atoms with van der Waals surface area (Å²) in [4.78, 5) is 42.9. The minimum atomic E-state index is -0.562. The van der Waals surface area contributed by atoms with Crippen molar-refractivity contribution < 1.29 is 18.7 Å². The monoisotopic (exact) mass is 679 g/mol. The molecule has 2 bridgehead atoms.